The Morgan fingerprint density at radius 3 is 2.76 bits per heavy atom. The first-order valence-electron chi connectivity index (χ1n) is 9.17. The highest BCUT2D eigenvalue weighted by Gasteiger charge is 2.14. The van der Waals surface area contributed by atoms with Gasteiger partial charge in [-0.25, -0.2) is 8.91 Å². The van der Waals surface area contributed by atoms with Gasteiger partial charge in [-0.2, -0.15) is 4.98 Å². The molecule has 1 amide bonds. The number of aromatic nitrogens is 3. The fourth-order valence-electron chi connectivity index (χ4n) is 2.87. The highest BCUT2D eigenvalue weighted by molar-refractivity contribution is 7.99. The molecule has 2 aromatic heterocycles. The smallest absolute Gasteiger partial charge is 0.230 e. The SMILES string of the molecule is O=C(CSCc1ccccc1)NCCc1csc2nc(-c3ccccc3F)nn12. The number of benzene rings is 2. The number of fused-ring (bicyclic) bond motifs is 1. The Bertz CT molecular complexity index is 1110. The molecule has 0 aliphatic rings. The number of rotatable bonds is 8. The van der Waals surface area contributed by atoms with Crippen LogP contribution < -0.4 is 5.32 Å². The molecule has 0 fully saturated rings. The van der Waals surface area contributed by atoms with Gasteiger partial charge in [0.05, 0.1) is 17.0 Å². The summed E-state index contributed by atoms with van der Waals surface area (Å²) in [5, 5.41) is 9.36. The summed E-state index contributed by atoms with van der Waals surface area (Å²) < 4.78 is 15.7. The van der Waals surface area contributed by atoms with Crippen molar-refractivity contribution in [3.05, 3.63) is 77.1 Å². The van der Waals surface area contributed by atoms with E-state index in [1.807, 2.05) is 23.6 Å². The average Bonchev–Trinajstić information content (AvgIpc) is 3.31. The van der Waals surface area contributed by atoms with Crippen molar-refractivity contribution in [2.24, 2.45) is 0 Å². The van der Waals surface area contributed by atoms with E-state index < -0.39 is 0 Å². The third-order valence-electron chi connectivity index (χ3n) is 4.31. The number of thioether (sulfide) groups is 1. The van der Waals surface area contributed by atoms with Crippen LogP contribution in [0.15, 0.2) is 60.0 Å². The summed E-state index contributed by atoms with van der Waals surface area (Å²) in [4.78, 5) is 17.2. The zero-order valence-electron chi connectivity index (χ0n) is 15.5. The highest BCUT2D eigenvalue weighted by atomic mass is 32.2. The molecule has 29 heavy (non-hydrogen) atoms. The second kappa shape index (κ2) is 9.19. The third kappa shape index (κ3) is 4.83. The zero-order valence-corrected chi connectivity index (χ0v) is 17.2. The summed E-state index contributed by atoms with van der Waals surface area (Å²) in [6.45, 7) is 0.519. The lowest BCUT2D eigenvalue weighted by Gasteiger charge is -2.05. The summed E-state index contributed by atoms with van der Waals surface area (Å²) in [7, 11) is 0. The Kier molecular flexibility index (Phi) is 6.21. The summed E-state index contributed by atoms with van der Waals surface area (Å²) in [6, 6.07) is 16.6. The van der Waals surface area contributed by atoms with Crippen molar-refractivity contribution in [3.63, 3.8) is 0 Å². The van der Waals surface area contributed by atoms with Gasteiger partial charge in [-0.05, 0) is 17.7 Å². The Morgan fingerprint density at radius 2 is 1.93 bits per heavy atom. The van der Waals surface area contributed by atoms with Crippen molar-refractivity contribution in [1.82, 2.24) is 19.9 Å². The van der Waals surface area contributed by atoms with E-state index in [1.54, 1.807) is 34.5 Å². The van der Waals surface area contributed by atoms with Crippen LogP contribution in [-0.4, -0.2) is 32.8 Å². The molecule has 4 aromatic rings. The maximum Gasteiger partial charge on any atom is 0.230 e. The molecule has 0 spiro atoms. The molecule has 0 unspecified atom stereocenters. The molecule has 0 atom stereocenters. The van der Waals surface area contributed by atoms with Gasteiger partial charge in [-0.3, -0.25) is 4.79 Å². The minimum absolute atomic E-state index is 0.0167. The maximum absolute atomic E-state index is 14.0. The fourth-order valence-corrected chi connectivity index (χ4v) is 4.54. The standard InChI is InChI=1S/C21H19FN4OS2/c22-18-9-5-4-8-17(18)20-24-21-26(25-20)16(13-29-21)10-11-23-19(27)14-28-12-15-6-2-1-3-7-15/h1-9,13H,10-12,14H2,(H,23,27). The quantitative estimate of drug-likeness (QED) is 0.459. The predicted octanol–water partition coefficient (Wildman–Crippen LogP) is 4.19. The van der Waals surface area contributed by atoms with Crippen LogP contribution in [0.25, 0.3) is 16.3 Å². The Balaban J connectivity index is 1.29. The van der Waals surface area contributed by atoms with E-state index >= 15 is 0 Å². The summed E-state index contributed by atoms with van der Waals surface area (Å²) in [6.07, 6.45) is 0.634. The van der Waals surface area contributed by atoms with Crippen LogP contribution in [0, 0.1) is 5.82 Å². The number of nitrogens with zero attached hydrogens (tertiary/aromatic N) is 3. The van der Waals surface area contributed by atoms with Gasteiger partial charge in [0.1, 0.15) is 5.82 Å². The van der Waals surface area contributed by atoms with Crippen molar-refractivity contribution in [2.75, 3.05) is 12.3 Å². The van der Waals surface area contributed by atoms with Gasteiger partial charge in [0.2, 0.25) is 10.9 Å². The fraction of sp³-hybridized carbons (Fsp3) is 0.190. The van der Waals surface area contributed by atoms with E-state index in [0.717, 1.165) is 11.4 Å². The predicted molar refractivity (Wildman–Crippen MR) is 116 cm³/mol. The van der Waals surface area contributed by atoms with E-state index in [1.165, 1.54) is 23.0 Å². The minimum Gasteiger partial charge on any atom is -0.355 e. The molecule has 0 aliphatic carbocycles. The molecule has 1 N–H and O–H groups in total. The van der Waals surface area contributed by atoms with Crippen LogP contribution in [0.5, 0.6) is 0 Å². The number of hydrogen-bond acceptors (Lipinski definition) is 5. The molecule has 5 nitrogen and oxygen atoms in total. The van der Waals surface area contributed by atoms with E-state index in [9.17, 15) is 9.18 Å². The number of amides is 1. The number of thiazole rings is 1. The number of nitrogens with one attached hydrogen (secondary N) is 1. The van der Waals surface area contributed by atoms with Crippen LogP contribution >= 0.6 is 23.1 Å². The van der Waals surface area contributed by atoms with Crippen molar-refractivity contribution >= 4 is 34.0 Å². The normalized spacial score (nSPS) is 11.1. The highest BCUT2D eigenvalue weighted by Crippen LogP contribution is 2.23. The summed E-state index contributed by atoms with van der Waals surface area (Å²) in [5.41, 5.74) is 2.54. The van der Waals surface area contributed by atoms with Gasteiger partial charge in [0, 0.05) is 24.1 Å². The van der Waals surface area contributed by atoms with Gasteiger partial charge in [-0.15, -0.1) is 28.2 Å². The largest absolute Gasteiger partial charge is 0.355 e. The summed E-state index contributed by atoms with van der Waals surface area (Å²) >= 11 is 3.05. The summed E-state index contributed by atoms with van der Waals surface area (Å²) in [5.74, 6) is 1.29. The molecule has 4 rings (SSSR count). The van der Waals surface area contributed by atoms with Crippen molar-refractivity contribution < 1.29 is 9.18 Å². The zero-order chi connectivity index (χ0) is 20.1. The molecule has 8 heteroatoms. The maximum atomic E-state index is 14.0. The second-order valence-corrected chi connectivity index (χ2v) is 8.24. The Labute approximate surface area is 176 Å². The molecule has 0 aliphatic heterocycles. The van der Waals surface area contributed by atoms with E-state index in [0.29, 0.717) is 35.1 Å². The first-order valence-corrected chi connectivity index (χ1v) is 11.2. The van der Waals surface area contributed by atoms with Crippen LogP contribution in [0.4, 0.5) is 4.39 Å². The molecule has 148 valence electrons. The van der Waals surface area contributed by atoms with E-state index in [2.05, 4.69) is 27.5 Å². The van der Waals surface area contributed by atoms with E-state index in [4.69, 9.17) is 0 Å². The molecule has 0 radical (unpaired) electrons. The van der Waals surface area contributed by atoms with Crippen molar-refractivity contribution in [2.45, 2.75) is 12.2 Å². The molecule has 0 saturated carbocycles. The Hall–Kier alpha value is -2.71. The number of carbonyl (C=O) groups excluding carboxylic acids is 1. The minimum atomic E-state index is -0.340. The van der Waals surface area contributed by atoms with Gasteiger partial charge in [0.15, 0.2) is 5.82 Å². The first-order chi connectivity index (χ1) is 14.2. The first kappa shape index (κ1) is 19.6. The van der Waals surface area contributed by atoms with Gasteiger partial charge in [0.25, 0.3) is 0 Å². The van der Waals surface area contributed by atoms with Gasteiger partial charge >= 0.3 is 0 Å². The van der Waals surface area contributed by atoms with Crippen molar-refractivity contribution in [1.29, 1.82) is 0 Å². The van der Waals surface area contributed by atoms with Gasteiger partial charge < -0.3 is 5.32 Å². The lowest BCUT2D eigenvalue weighted by Crippen LogP contribution is -2.27. The van der Waals surface area contributed by atoms with Crippen LogP contribution in [0.3, 0.4) is 0 Å². The molecule has 0 saturated heterocycles. The van der Waals surface area contributed by atoms with Gasteiger partial charge in [-0.1, -0.05) is 42.5 Å². The number of carbonyl (C=O) groups is 1. The molecular weight excluding hydrogens is 407 g/mol. The lowest BCUT2D eigenvalue weighted by molar-refractivity contribution is -0.118. The van der Waals surface area contributed by atoms with Crippen LogP contribution in [-0.2, 0) is 17.0 Å². The van der Waals surface area contributed by atoms with Crippen LogP contribution in [0.1, 0.15) is 11.3 Å². The molecule has 0 bridgehead atoms. The average molecular weight is 427 g/mol. The van der Waals surface area contributed by atoms with Crippen LogP contribution in [0.2, 0.25) is 0 Å². The third-order valence-corrected chi connectivity index (χ3v) is 6.18. The molecule has 2 heterocycles. The van der Waals surface area contributed by atoms with E-state index in [-0.39, 0.29) is 11.7 Å². The number of hydrogen-bond donors (Lipinski definition) is 1. The topological polar surface area (TPSA) is 59.3 Å². The van der Waals surface area contributed by atoms with Crippen molar-refractivity contribution in [3.8, 4) is 11.4 Å². The molecule has 2 aromatic carbocycles. The number of halogens is 1. The molecular formula is C21H19FN4OS2. The monoisotopic (exact) mass is 426 g/mol. The lowest BCUT2D eigenvalue weighted by atomic mass is 10.2. The Morgan fingerprint density at radius 1 is 1.14 bits per heavy atom. The second-order valence-electron chi connectivity index (χ2n) is 6.42.